The van der Waals surface area contributed by atoms with Crippen molar-refractivity contribution in [3.05, 3.63) is 64.2 Å². The Bertz CT molecular complexity index is 1050. The number of aromatic nitrogens is 2. The van der Waals surface area contributed by atoms with Gasteiger partial charge in [0.1, 0.15) is 5.56 Å². The molecule has 150 valence electrons. The molecule has 0 radical (unpaired) electrons. The maximum Gasteiger partial charge on any atom is 0.341 e. The Morgan fingerprint density at radius 3 is 2.45 bits per heavy atom. The van der Waals surface area contributed by atoms with E-state index >= 15 is 0 Å². The first-order valence-corrected chi connectivity index (χ1v) is 9.41. The third-order valence-corrected chi connectivity index (χ3v) is 4.37. The van der Waals surface area contributed by atoms with Crippen LogP contribution in [-0.2, 0) is 17.8 Å². The number of carbonyl (C=O) groups excluding carboxylic acids is 2. The van der Waals surface area contributed by atoms with Crippen LogP contribution in [0, 0.1) is 0 Å². The summed E-state index contributed by atoms with van der Waals surface area (Å²) in [7, 11) is 0. The van der Waals surface area contributed by atoms with Gasteiger partial charge in [0.15, 0.2) is 16.2 Å². The second-order valence-corrected chi connectivity index (χ2v) is 6.81. The summed E-state index contributed by atoms with van der Waals surface area (Å²) in [6.45, 7) is 2.30. The largest absolute Gasteiger partial charge is 0.477 e. The first-order valence-electron chi connectivity index (χ1n) is 8.62. The number of hydrogen-bond donors (Lipinski definition) is 3. The van der Waals surface area contributed by atoms with Gasteiger partial charge in [-0.05, 0) is 52.7 Å². The lowest BCUT2D eigenvalue weighted by Gasteiger charge is -2.06. The number of nitrogens with one attached hydrogen (secondary N) is 2. The molecule has 2 aromatic heterocycles. The molecule has 0 aliphatic carbocycles. The maximum atomic E-state index is 12.3. The zero-order chi connectivity index (χ0) is 21.0. The van der Waals surface area contributed by atoms with Crippen LogP contribution in [0.2, 0.25) is 0 Å². The number of nitrogens with zero attached hydrogens (tertiary/aromatic N) is 2. The number of furan rings is 1. The number of amides is 2. The summed E-state index contributed by atoms with van der Waals surface area (Å²) < 4.78 is 7.08. The van der Waals surface area contributed by atoms with Gasteiger partial charge in [0.25, 0.3) is 5.91 Å². The topological polar surface area (TPSA) is 126 Å². The summed E-state index contributed by atoms with van der Waals surface area (Å²) >= 11 is 3.14. The minimum atomic E-state index is -1.16. The van der Waals surface area contributed by atoms with Crippen molar-refractivity contribution in [2.45, 2.75) is 19.9 Å². The predicted molar refractivity (Wildman–Crippen MR) is 108 cm³/mol. The summed E-state index contributed by atoms with van der Waals surface area (Å²) in [6.07, 6.45) is 1.39. The van der Waals surface area contributed by atoms with E-state index in [2.05, 4.69) is 31.7 Å². The molecule has 0 unspecified atom stereocenters. The van der Waals surface area contributed by atoms with Gasteiger partial charge < -0.3 is 20.2 Å². The van der Waals surface area contributed by atoms with Crippen molar-refractivity contribution in [1.29, 1.82) is 0 Å². The van der Waals surface area contributed by atoms with Crippen molar-refractivity contribution in [2.75, 3.05) is 10.6 Å². The van der Waals surface area contributed by atoms with Crippen LogP contribution in [-0.4, -0.2) is 32.7 Å². The van der Waals surface area contributed by atoms with Crippen LogP contribution < -0.4 is 10.6 Å². The quantitative estimate of drug-likeness (QED) is 0.495. The van der Waals surface area contributed by atoms with Crippen LogP contribution in [0.25, 0.3) is 0 Å². The van der Waals surface area contributed by atoms with Crippen LogP contribution >= 0.6 is 15.9 Å². The average Bonchev–Trinajstić information content (AvgIpc) is 3.29. The van der Waals surface area contributed by atoms with Gasteiger partial charge >= 0.3 is 5.97 Å². The van der Waals surface area contributed by atoms with E-state index in [1.54, 1.807) is 36.4 Å². The molecule has 2 heterocycles. The molecule has 0 bridgehead atoms. The number of anilines is 2. The number of aromatic carboxylic acids is 1. The Balaban J connectivity index is 1.61. The number of rotatable bonds is 7. The average molecular weight is 461 g/mol. The summed E-state index contributed by atoms with van der Waals surface area (Å²) in [5.74, 6) is -1.78. The van der Waals surface area contributed by atoms with Crippen molar-refractivity contribution in [3.63, 3.8) is 0 Å². The summed E-state index contributed by atoms with van der Waals surface area (Å²) in [5.41, 5.74) is 1.16. The van der Waals surface area contributed by atoms with Gasteiger partial charge in [0, 0.05) is 18.4 Å². The van der Waals surface area contributed by atoms with E-state index in [9.17, 15) is 19.5 Å². The second-order valence-electron chi connectivity index (χ2n) is 6.03. The van der Waals surface area contributed by atoms with Crippen molar-refractivity contribution < 1.29 is 23.9 Å². The van der Waals surface area contributed by atoms with Gasteiger partial charge in [0.2, 0.25) is 5.91 Å². The molecular weight excluding hydrogens is 444 g/mol. The zero-order valence-electron chi connectivity index (χ0n) is 15.3. The van der Waals surface area contributed by atoms with E-state index < -0.39 is 17.8 Å². The van der Waals surface area contributed by atoms with Crippen LogP contribution in [0.3, 0.4) is 0 Å². The van der Waals surface area contributed by atoms with Gasteiger partial charge in [-0.1, -0.05) is 12.1 Å². The highest BCUT2D eigenvalue weighted by molar-refractivity contribution is 9.10. The van der Waals surface area contributed by atoms with E-state index in [0.717, 1.165) is 0 Å². The van der Waals surface area contributed by atoms with E-state index in [1.165, 1.54) is 10.9 Å². The van der Waals surface area contributed by atoms with Gasteiger partial charge in [-0.2, -0.15) is 5.10 Å². The molecule has 0 atom stereocenters. The molecular formula is C19H17BrN4O5. The van der Waals surface area contributed by atoms with Gasteiger partial charge in [-0.3, -0.25) is 14.3 Å². The number of carbonyl (C=O) groups is 3. The minimum absolute atomic E-state index is 0.0119. The first-order chi connectivity index (χ1) is 13.9. The molecule has 0 fully saturated rings. The monoisotopic (exact) mass is 460 g/mol. The molecule has 0 aliphatic rings. The molecule has 29 heavy (non-hydrogen) atoms. The summed E-state index contributed by atoms with van der Waals surface area (Å²) in [6, 6.07) is 9.87. The molecule has 0 spiro atoms. The molecule has 1 aromatic carbocycles. The Morgan fingerprint density at radius 2 is 1.86 bits per heavy atom. The highest BCUT2D eigenvalue weighted by Crippen LogP contribution is 2.17. The van der Waals surface area contributed by atoms with Crippen molar-refractivity contribution >= 4 is 45.2 Å². The standard InChI is InChI=1S/C19H17BrN4O5/c1-2-24-10-13(19(27)28)17(23-24)22-16(25)9-11-3-5-12(6-4-11)21-18(26)14-7-8-15(20)29-14/h3-8,10H,2,9H2,1H3,(H,21,26)(H,27,28)(H,22,23,25). The highest BCUT2D eigenvalue weighted by Gasteiger charge is 2.17. The van der Waals surface area contributed by atoms with E-state index in [0.29, 0.717) is 22.5 Å². The predicted octanol–water partition coefficient (Wildman–Crippen LogP) is 3.39. The van der Waals surface area contributed by atoms with Gasteiger partial charge in [-0.15, -0.1) is 0 Å². The first kappa shape index (κ1) is 20.3. The fourth-order valence-electron chi connectivity index (χ4n) is 2.53. The number of benzene rings is 1. The van der Waals surface area contributed by atoms with Crippen LogP contribution in [0.5, 0.6) is 0 Å². The number of hydrogen-bond acceptors (Lipinski definition) is 5. The molecule has 10 heteroatoms. The number of halogens is 1. The summed E-state index contributed by atoms with van der Waals surface area (Å²) in [4.78, 5) is 35.6. The van der Waals surface area contributed by atoms with Crippen molar-refractivity contribution in [2.24, 2.45) is 0 Å². The number of carboxylic acids is 1. The molecule has 0 aliphatic heterocycles. The third kappa shape index (κ3) is 5.11. The SMILES string of the molecule is CCn1cc(C(=O)O)c(NC(=O)Cc2ccc(NC(=O)c3ccc(Br)o3)cc2)n1. The molecule has 9 nitrogen and oxygen atoms in total. The van der Waals surface area contributed by atoms with Gasteiger partial charge in [-0.25, -0.2) is 4.79 Å². The Morgan fingerprint density at radius 1 is 1.14 bits per heavy atom. The lowest BCUT2D eigenvalue weighted by atomic mass is 10.1. The molecule has 0 saturated heterocycles. The molecule has 0 saturated carbocycles. The van der Waals surface area contributed by atoms with Crippen LogP contribution in [0.15, 0.2) is 51.7 Å². The van der Waals surface area contributed by atoms with E-state index in [1.807, 2.05) is 6.92 Å². The Labute approximate surface area is 173 Å². The van der Waals surface area contributed by atoms with E-state index in [-0.39, 0.29) is 23.6 Å². The van der Waals surface area contributed by atoms with E-state index in [4.69, 9.17) is 4.42 Å². The Hall–Kier alpha value is -3.40. The Kier molecular flexibility index (Phi) is 6.13. The lowest BCUT2D eigenvalue weighted by Crippen LogP contribution is -2.17. The maximum absolute atomic E-state index is 12.3. The fraction of sp³-hybridized carbons (Fsp3) is 0.158. The smallest absolute Gasteiger partial charge is 0.341 e. The molecule has 3 rings (SSSR count). The van der Waals surface area contributed by atoms with Crippen molar-refractivity contribution in [3.8, 4) is 0 Å². The lowest BCUT2D eigenvalue weighted by molar-refractivity contribution is -0.115. The highest BCUT2D eigenvalue weighted by atomic mass is 79.9. The molecule has 2 amide bonds. The number of carboxylic acid groups (broad SMARTS) is 1. The second kappa shape index (κ2) is 8.74. The normalized spacial score (nSPS) is 10.6. The van der Waals surface area contributed by atoms with Crippen LogP contribution in [0.4, 0.5) is 11.5 Å². The minimum Gasteiger partial charge on any atom is -0.477 e. The van der Waals surface area contributed by atoms with Crippen LogP contribution in [0.1, 0.15) is 33.4 Å². The third-order valence-electron chi connectivity index (χ3n) is 3.95. The fourth-order valence-corrected chi connectivity index (χ4v) is 2.84. The molecule has 3 aromatic rings. The van der Waals surface area contributed by atoms with Gasteiger partial charge in [0.05, 0.1) is 6.42 Å². The summed E-state index contributed by atoms with van der Waals surface area (Å²) in [5, 5.41) is 18.5. The zero-order valence-corrected chi connectivity index (χ0v) is 16.9. The van der Waals surface area contributed by atoms with Crippen molar-refractivity contribution in [1.82, 2.24) is 9.78 Å². The molecule has 3 N–H and O–H groups in total. The number of aryl methyl sites for hydroxylation is 1.